The Morgan fingerprint density at radius 1 is 1.62 bits per heavy atom. The van der Waals surface area contributed by atoms with Crippen LogP contribution in [0.3, 0.4) is 0 Å². The zero-order valence-corrected chi connectivity index (χ0v) is 11.3. The minimum Gasteiger partial charge on any atom is -0.358 e. The molecule has 90 valence electrons. The molecule has 1 unspecified atom stereocenters. The Bertz CT molecular complexity index is 376. The molecule has 0 amide bonds. The monoisotopic (exact) mass is 289 g/mol. The standard InChI is InChI=1S/C10H16BrN3O2/c1-7(2)9(4-11)6-13-5-8(3)10(12-13)14(15)16/h5,7,9H,4,6H2,1-3H3. The molecule has 0 radical (unpaired) electrons. The lowest BCUT2D eigenvalue weighted by Crippen LogP contribution is -2.18. The van der Waals surface area contributed by atoms with Gasteiger partial charge >= 0.3 is 5.82 Å². The molecule has 0 saturated heterocycles. The molecule has 1 heterocycles. The van der Waals surface area contributed by atoms with Crippen LogP contribution in [0, 0.1) is 28.9 Å². The van der Waals surface area contributed by atoms with Crippen LogP contribution in [0.1, 0.15) is 19.4 Å². The second kappa shape index (κ2) is 5.43. The summed E-state index contributed by atoms with van der Waals surface area (Å²) in [5.41, 5.74) is 0.613. The quantitative estimate of drug-likeness (QED) is 0.476. The first-order valence-electron chi connectivity index (χ1n) is 5.20. The summed E-state index contributed by atoms with van der Waals surface area (Å²) in [6, 6.07) is 0. The largest absolute Gasteiger partial charge is 0.392 e. The number of hydrogen-bond donors (Lipinski definition) is 0. The van der Waals surface area contributed by atoms with Crippen molar-refractivity contribution in [1.29, 1.82) is 0 Å². The first-order valence-corrected chi connectivity index (χ1v) is 6.32. The van der Waals surface area contributed by atoms with Crippen LogP contribution in [0.5, 0.6) is 0 Å². The van der Waals surface area contributed by atoms with Gasteiger partial charge in [-0.2, -0.15) is 4.68 Å². The average Bonchev–Trinajstić information content (AvgIpc) is 2.55. The molecule has 5 nitrogen and oxygen atoms in total. The van der Waals surface area contributed by atoms with Crippen molar-refractivity contribution in [1.82, 2.24) is 9.78 Å². The molecule has 0 saturated carbocycles. The van der Waals surface area contributed by atoms with E-state index in [2.05, 4.69) is 34.9 Å². The molecule has 6 heteroatoms. The Morgan fingerprint density at radius 2 is 2.25 bits per heavy atom. The van der Waals surface area contributed by atoms with Gasteiger partial charge in [0.25, 0.3) is 0 Å². The van der Waals surface area contributed by atoms with Crippen LogP contribution in [0.2, 0.25) is 0 Å². The normalized spacial score (nSPS) is 13.1. The second-order valence-corrected chi connectivity index (χ2v) is 4.92. The van der Waals surface area contributed by atoms with Crippen LogP contribution in [-0.4, -0.2) is 20.0 Å². The zero-order chi connectivity index (χ0) is 12.3. The van der Waals surface area contributed by atoms with Crippen LogP contribution in [0.25, 0.3) is 0 Å². The maximum absolute atomic E-state index is 10.6. The SMILES string of the molecule is Cc1cn(CC(CBr)C(C)C)nc1[N+](=O)[O-]. The number of nitrogens with zero attached hydrogens (tertiary/aromatic N) is 3. The van der Waals surface area contributed by atoms with Crippen molar-refractivity contribution < 1.29 is 4.92 Å². The highest BCUT2D eigenvalue weighted by Crippen LogP contribution is 2.19. The number of nitro groups is 1. The summed E-state index contributed by atoms with van der Waals surface area (Å²) in [6.07, 6.45) is 1.73. The smallest absolute Gasteiger partial charge is 0.358 e. The fraction of sp³-hybridized carbons (Fsp3) is 0.700. The van der Waals surface area contributed by atoms with E-state index in [0.29, 0.717) is 23.9 Å². The minimum atomic E-state index is -0.440. The Labute approximate surface area is 103 Å². The predicted octanol–water partition coefficient (Wildman–Crippen LogP) is 2.77. The van der Waals surface area contributed by atoms with Crippen molar-refractivity contribution in [3.05, 3.63) is 21.9 Å². The fourth-order valence-corrected chi connectivity index (χ4v) is 2.42. The highest BCUT2D eigenvalue weighted by molar-refractivity contribution is 9.09. The lowest BCUT2D eigenvalue weighted by Gasteiger charge is -2.15. The molecule has 1 atom stereocenters. The molecule has 0 N–H and O–H groups in total. The molecule has 0 spiro atoms. The maximum atomic E-state index is 10.6. The highest BCUT2D eigenvalue weighted by atomic mass is 79.9. The number of rotatable bonds is 5. The maximum Gasteiger partial charge on any atom is 0.392 e. The summed E-state index contributed by atoms with van der Waals surface area (Å²) in [5, 5.41) is 15.5. The first-order chi connectivity index (χ1) is 7.45. The van der Waals surface area contributed by atoms with E-state index in [1.54, 1.807) is 17.8 Å². The van der Waals surface area contributed by atoms with Crippen LogP contribution >= 0.6 is 15.9 Å². The Kier molecular flexibility index (Phi) is 4.46. The summed E-state index contributed by atoms with van der Waals surface area (Å²) in [7, 11) is 0. The lowest BCUT2D eigenvalue weighted by molar-refractivity contribution is -0.390. The molecule has 0 bridgehead atoms. The van der Waals surface area contributed by atoms with E-state index in [4.69, 9.17) is 0 Å². The molecule has 0 aromatic carbocycles. The molecule has 0 aliphatic carbocycles. The average molecular weight is 290 g/mol. The van der Waals surface area contributed by atoms with Crippen LogP contribution < -0.4 is 0 Å². The van der Waals surface area contributed by atoms with E-state index in [9.17, 15) is 10.1 Å². The van der Waals surface area contributed by atoms with Gasteiger partial charge in [-0.15, -0.1) is 0 Å². The molecule has 1 aromatic heterocycles. The zero-order valence-electron chi connectivity index (χ0n) is 9.68. The molecule has 0 aliphatic rings. The van der Waals surface area contributed by atoms with E-state index in [-0.39, 0.29) is 5.82 Å². The third-order valence-electron chi connectivity index (χ3n) is 2.65. The third kappa shape index (κ3) is 3.04. The summed E-state index contributed by atoms with van der Waals surface area (Å²) >= 11 is 3.45. The lowest BCUT2D eigenvalue weighted by atomic mass is 9.98. The van der Waals surface area contributed by atoms with Gasteiger partial charge in [0.05, 0.1) is 23.4 Å². The number of hydrogen-bond acceptors (Lipinski definition) is 3. The number of aryl methyl sites for hydroxylation is 1. The van der Waals surface area contributed by atoms with Gasteiger partial charge in [0.2, 0.25) is 0 Å². The summed E-state index contributed by atoms with van der Waals surface area (Å²) in [5.74, 6) is 0.902. The molecular weight excluding hydrogens is 274 g/mol. The van der Waals surface area contributed by atoms with Crippen LogP contribution in [0.15, 0.2) is 6.20 Å². The minimum absolute atomic E-state index is 0.0444. The molecule has 1 aromatic rings. The topological polar surface area (TPSA) is 61.0 Å². The van der Waals surface area contributed by atoms with Gasteiger partial charge < -0.3 is 10.1 Å². The Balaban J connectivity index is 2.82. The molecular formula is C10H16BrN3O2. The van der Waals surface area contributed by atoms with Crippen molar-refractivity contribution in [2.45, 2.75) is 27.3 Å². The van der Waals surface area contributed by atoms with E-state index >= 15 is 0 Å². The van der Waals surface area contributed by atoms with Crippen LogP contribution in [0.4, 0.5) is 5.82 Å². The highest BCUT2D eigenvalue weighted by Gasteiger charge is 2.20. The fourth-order valence-electron chi connectivity index (χ4n) is 1.46. The number of alkyl halides is 1. The van der Waals surface area contributed by atoms with Crippen LogP contribution in [-0.2, 0) is 6.54 Å². The summed E-state index contributed by atoms with van der Waals surface area (Å²) < 4.78 is 1.67. The van der Waals surface area contributed by atoms with Crippen molar-refractivity contribution in [2.24, 2.45) is 11.8 Å². The van der Waals surface area contributed by atoms with Gasteiger partial charge in [0, 0.05) is 5.33 Å². The van der Waals surface area contributed by atoms with E-state index < -0.39 is 4.92 Å². The van der Waals surface area contributed by atoms with E-state index in [1.165, 1.54) is 0 Å². The van der Waals surface area contributed by atoms with Gasteiger partial charge in [-0.05, 0) is 23.7 Å². The third-order valence-corrected chi connectivity index (χ3v) is 3.49. The van der Waals surface area contributed by atoms with Crippen molar-refractivity contribution in [3.63, 3.8) is 0 Å². The van der Waals surface area contributed by atoms with Crippen molar-refractivity contribution in [2.75, 3.05) is 5.33 Å². The number of aromatic nitrogens is 2. The van der Waals surface area contributed by atoms with Gasteiger partial charge in [-0.3, -0.25) is 0 Å². The number of halogens is 1. The van der Waals surface area contributed by atoms with Crippen molar-refractivity contribution >= 4 is 21.7 Å². The Hall–Kier alpha value is -0.910. The first kappa shape index (κ1) is 13.2. The van der Waals surface area contributed by atoms with Gasteiger partial charge in [-0.25, -0.2) is 0 Å². The van der Waals surface area contributed by atoms with Crippen molar-refractivity contribution in [3.8, 4) is 0 Å². The molecule has 0 aliphatic heterocycles. The summed E-state index contributed by atoms with van der Waals surface area (Å²) in [6.45, 7) is 6.69. The molecule has 16 heavy (non-hydrogen) atoms. The summed E-state index contributed by atoms with van der Waals surface area (Å²) in [4.78, 5) is 10.2. The van der Waals surface area contributed by atoms with Gasteiger partial charge in [0.1, 0.15) is 0 Å². The van der Waals surface area contributed by atoms with E-state index in [0.717, 1.165) is 5.33 Å². The van der Waals surface area contributed by atoms with E-state index in [1.807, 2.05) is 0 Å². The molecule has 0 fully saturated rings. The van der Waals surface area contributed by atoms with Gasteiger partial charge in [0.15, 0.2) is 0 Å². The van der Waals surface area contributed by atoms with Gasteiger partial charge in [-0.1, -0.05) is 29.8 Å². The predicted molar refractivity (Wildman–Crippen MR) is 65.7 cm³/mol. The Morgan fingerprint density at radius 3 is 2.62 bits per heavy atom. The molecule has 1 rings (SSSR count). The second-order valence-electron chi connectivity index (χ2n) is 4.27.